The number of rotatable bonds is 4. The maximum Gasteiger partial charge on any atom is 0.247 e. The Labute approximate surface area is 115 Å². The first kappa shape index (κ1) is 12.0. The van der Waals surface area contributed by atoms with Crippen LogP contribution in [-0.4, -0.2) is 21.4 Å². The molecule has 98 valence electrons. The van der Waals surface area contributed by atoms with E-state index in [0.29, 0.717) is 5.89 Å². The van der Waals surface area contributed by atoms with Gasteiger partial charge in [-0.3, -0.25) is 10.4 Å². The topological polar surface area (TPSA) is 76.2 Å². The summed E-state index contributed by atoms with van der Waals surface area (Å²) in [5.41, 5.74) is 5.67. The van der Waals surface area contributed by atoms with Gasteiger partial charge in [-0.2, -0.15) is 5.10 Å². The van der Waals surface area contributed by atoms with Crippen LogP contribution < -0.4 is 5.43 Å². The molecule has 6 nitrogen and oxygen atoms in total. The lowest BCUT2D eigenvalue weighted by molar-refractivity contribution is 0.568. The van der Waals surface area contributed by atoms with Crippen LogP contribution in [0, 0.1) is 0 Å². The van der Waals surface area contributed by atoms with Gasteiger partial charge in [-0.25, -0.2) is 0 Å². The number of benzene rings is 1. The molecule has 0 aliphatic heterocycles. The van der Waals surface area contributed by atoms with Gasteiger partial charge in [-0.05, 0) is 42.0 Å². The maximum absolute atomic E-state index is 5.12. The highest BCUT2D eigenvalue weighted by Crippen LogP contribution is 2.18. The minimum atomic E-state index is 0.497. The Kier molecular flexibility index (Phi) is 3.46. The summed E-state index contributed by atoms with van der Waals surface area (Å²) in [5, 5.41) is 11.6. The molecule has 3 aromatic rings. The van der Waals surface area contributed by atoms with Crippen molar-refractivity contribution < 1.29 is 4.42 Å². The van der Waals surface area contributed by atoms with E-state index in [4.69, 9.17) is 4.42 Å². The monoisotopic (exact) mass is 265 g/mol. The minimum absolute atomic E-state index is 0.497. The summed E-state index contributed by atoms with van der Waals surface area (Å²) < 4.78 is 5.12. The van der Waals surface area contributed by atoms with Gasteiger partial charge < -0.3 is 4.42 Å². The van der Waals surface area contributed by atoms with Gasteiger partial charge >= 0.3 is 0 Å². The molecule has 6 heteroatoms. The Morgan fingerprint density at radius 2 is 1.85 bits per heavy atom. The van der Waals surface area contributed by atoms with Crippen molar-refractivity contribution in [1.82, 2.24) is 15.2 Å². The zero-order chi connectivity index (χ0) is 13.6. The molecule has 0 unspecified atom stereocenters. The Morgan fingerprint density at radius 1 is 1.05 bits per heavy atom. The van der Waals surface area contributed by atoms with E-state index in [1.807, 2.05) is 36.4 Å². The number of aromatic nitrogens is 3. The molecule has 0 aliphatic carbocycles. The fourth-order valence-electron chi connectivity index (χ4n) is 1.62. The molecular weight excluding hydrogens is 254 g/mol. The third-order valence-electron chi connectivity index (χ3n) is 2.61. The molecule has 0 atom stereocenters. The summed E-state index contributed by atoms with van der Waals surface area (Å²) in [5.74, 6) is 0.497. The van der Waals surface area contributed by atoms with Crippen LogP contribution in [-0.2, 0) is 0 Å². The van der Waals surface area contributed by atoms with Crippen LogP contribution in [0.5, 0.6) is 0 Å². The van der Waals surface area contributed by atoms with Crippen LogP contribution in [0.25, 0.3) is 11.5 Å². The van der Waals surface area contributed by atoms with Crippen molar-refractivity contribution in [3.63, 3.8) is 0 Å². The molecule has 0 spiro atoms. The van der Waals surface area contributed by atoms with Crippen LogP contribution in [0.15, 0.2) is 64.7 Å². The first-order valence-electron chi connectivity index (χ1n) is 5.97. The summed E-state index contributed by atoms with van der Waals surface area (Å²) in [6.45, 7) is 0. The molecule has 3 rings (SSSR count). The van der Waals surface area contributed by atoms with Gasteiger partial charge in [0.15, 0.2) is 0 Å². The van der Waals surface area contributed by atoms with Gasteiger partial charge in [0.1, 0.15) is 0 Å². The second-order valence-corrected chi connectivity index (χ2v) is 3.97. The SMILES string of the molecule is C(=NNc1ccc(-c2nnco2)cc1)c1ccncc1. The number of hydrogen-bond donors (Lipinski definition) is 1. The Hall–Kier alpha value is -3.02. The second kappa shape index (κ2) is 5.75. The maximum atomic E-state index is 5.12. The van der Waals surface area contributed by atoms with Crippen molar-refractivity contribution in [2.75, 3.05) is 5.43 Å². The summed E-state index contributed by atoms with van der Waals surface area (Å²) in [4.78, 5) is 3.94. The lowest BCUT2D eigenvalue weighted by Gasteiger charge is -2.00. The van der Waals surface area contributed by atoms with Gasteiger partial charge in [0.05, 0.1) is 11.9 Å². The highest BCUT2D eigenvalue weighted by atomic mass is 16.4. The van der Waals surface area contributed by atoms with Crippen molar-refractivity contribution in [3.05, 3.63) is 60.7 Å². The van der Waals surface area contributed by atoms with Gasteiger partial charge in [0, 0.05) is 18.0 Å². The standard InChI is InChI=1S/C14H11N5O/c1-3-13(4-2-12(1)14-19-17-10-20-14)18-16-9-11-5-7-15-8-6-11/h1-10,18H. The van der Waals surface area contributed by atoms with Crippen molar-refractivity contribution in [1.29, 1.82) is 0 Å². The average Bonchev–Trinajstić information content (AvgIpc) is 3.03. The molecule has 1 aromatic carbocycles. The smallest absolute Gasteiger partial charge is 0.247 e. The van der Waals surface area contributed by atoms with E-state index in [1.54, 1.807) is 18.6 Å². The second-order valence-electron chi connectivity index (χ2n) is 3.97. The predicted molar refractivity (Wildman–Crippen MR) is 75.2 cm³/mol. The number of hydrogen-bond acceptors (Lipinski definition) is 6. The van der Waals surface area contributed by atoms with Crippen LogP contribution >= 0.6 is 0 Å². The summed E-state index contributed by atoms with van der Waals surface area (Å²) in [6.07, 6.45) is 6.48. The predicted octanol–water partition coefficient (Wildman–Crippen LogP) is 2.58. The third kappa shape index (κ3) is 2.86. The molecule has 0 saturated heterocycles. The fraction of sp³-hybridized carbons (Fsp3) is 0. The van der Waals surface area contributed by atoms with Crippen molar-refractivity contribution >= 4 is 11.9 Å². The molecule has 20 heavy (non-hydrogen) atoms. The average molecular weight is 265 g/mol. The summed E-state index contributed by atoms with van der Waals surface area (Å²) in [7, 11) is 0. The van der Waals surface area contributed by atoms with E-state index in [-0.39, 0.29) is 0 Å². The third-order valence-corrected chi connectivity index (χ3v) is 2.61. The highest BCUT2D eigenvalue weighted by molar-refractivity contribution is 5.79. The molecule has 0 aliphatic rings. The number of hydrazone groups is 1. The van der Waals surface area contributed by atoms with Crippen molar-refractivity contribution in [2.24, 2.45) is 5.10 Å². The van der Waals surface area contributed by atoms with Gasteiger partial charge in [-0.1, -0.05) is 0 Å². The largest absolute Gasteiger partial charge is 0.423 e. The normalized spacial score (nSPS) is 10.8. The zero-order valence-electron chi connectivity index (χ0n) is 10.5. The van der Waals surface area contributed by atoms with E-state index < -0.39 is 0 Å². The van der Waals surface area contributed by atoms with Gasteiger partial charge in [-0.15, -0.1) is 10.2 Å². The van der Waals surface area contributed by atoms with Crippen LogP contribution in [0.4, 0.5) is 5.69 Å². The molecule has 0 bridgehead atoms. The molecular formula is C14H11N5O. The van der Waals surface area contributed by atoms with E-state index in [2.05, 4.69) is 25.7 Å². The van der Waals surface area contributed by atoms with Crippen LogP contribution in [0.3, 0.4) is 0 Å². The lowest BCUT2D eigenvalue weighted by atomic mass is 10.2. The van der Waals surface area contributed by atoms with E-state index >= 15 is 0 Å². The molecule has 2 heterocycles. The van der Waals surface area contributed by atoms with Crippen LogP contribution in [0.1, 0.15) is 5.56 Å². The number of pyridine rings is 1. The van der Waals surface area contributed by atoms with Crippen molar-refractivity contribution in [3.8, 4) is 11.5 Å². The van der Waals surface area contributed by atoms with E-state index in [1.165, 1.54) is 6.39 Å². The fourth-order valence-corrected chi connectivity index (χ4v) is 1.62. The number of nitrogens with one attached hydrogen (secondary N) is 1. The number of nitrogens with zero attached hydrogens (tertiary/aromatic N) is 4. The highest BCUT2D eigenvalue weighted by Gasteiger charge is 2.02. The first-order chi connectivity index (χ1) is 9.92. The van der Waals surface area contributed by atoms with Crippen molar-refractivity contribution in [2.45, 2.75) is 0 Å². The molecule has 1 N–H and O–H groups in total. The lowest BCUT2D eigenvalue weighted by Crippen LogP contribution is -1.90. The number of anilines is 1. The minimum Gasteiger partial charge on any atom is -0.423 e. The Balaban J connectivity index is 1.65. The van der Waals surface area contributed by atoms with Crippen LogP contribution in [0.2, 0.25) is 0 Å². The van der Waals surface area contributed by atoms with E-state index in [9.17, 15) is 0 Å². The molecule has 0 saturated carbocycles. The molecule has 0 amide bonds. The zero-order valence-corrected chi connectivity index (χ0v) is 10.5. The van der Waals surface area contributed by atoms with Gasteiger partial charge in [0.2, 0.25) is 12.3 Å². The first-order valence-corrected chi connectivity index (χ1v) is 5.97. The Bertz CT molecular complexity index is 677. The van der Waals surface area contributed by atoms with E-state index in [0.717, 1.165) is 16.8 Å². The quantitative estimate of drug-likeness (QED) is 0.579. The molecule has 0 radical (unpaired) electrons. The summed E-state index contributed by atoms with van der Waals surface area (Å²) >= 11 is 0. The summed E-state index contributed by atoms with van der Waals surface area (Å²) in [6, 6.07) is 11.3. The molecule has 0 fully saturated rings. The molecule has 2 aromatic heterocycles. The Morgan fingerprint density at radius 3 is 2.55 bits per heavy atom. The van der Waals surface area contributed by atoms with Gasteiger partial charge in [0.25, 0.3) is 0 Å².